The number of nitrogens with zero attached hydrogens (tertiary/aromatic N) is 2. The Morgan fingerprint density at radius 1 is 1.32 bits per heavy atom. The topological polar surface area (TPSA) is 71.0 Å². The molecule has 3 rings (SSSR count). The van der Waals surface area contributed by atoms with Crippen LogP contribution in [0.2, 0.25) is 5.02 Å². The van der Waals surface area contributed by atoms with Gasteiger partial charge in [0.25, 0.3) is 0 Å². The average Bonchev–Trinajstić information content (AvgIpc) is 2.68. The second-order valence-corrected chi connectivity index (χ2v) is 7.65. The monoisotopic (exact) mass is 417 g/mol. The minimum Gasteiger partial charge on any atom is -0.497 e. The van der Waals surface area contributed by atoms with E-state index in [0.717, 1.165) is 0 Å². The molecule has 1 atom stereocenters. The number of thioether (sulfide) groups is 1. The van der Waals surface area contributed by atoms with Crippen LogP contribution in [-0.2, 0) is 9.59 Å². The molecule has 0 radical (unpaired) electrons. The summed E-state index contributed by atoms with van der Waals surface area (Å²) < 4.78 is 5.22. The van der Waals surface area contributed by atoms with Gasteiger partial charge < -0.3 is 10.1 Å². The first kappa shape index (κ1) is 20.2. The number of hydrogen-bond acceptors (Lipinski definition) is 5. The Labute approximate surface area is 172 Å². The highest BCUT2D eigenvalue weighted by molar-refractivity contribution is 8.15. The lowest BCUT2D eigenvalue weighted by molar-refractivity contribution is -0.129. The van der Waals surface area contributed by atoms with E-state index in [-0.39, 0.29) is 18.2 Å². The van der Waals surface area contributed by atoms with E-state index in [1.54, 1.807) is 42.3 Å². The summed E-state index contributed by atoms with van der Waals surface area (Å²) in [6, 6.07) is 14.2. The second-order valence-electron chi connectivity index (χ2n) is 6.04. The van der Waals surface area contributed by atoms with E-state index in [4.69, 9.17) is 16.3 Å². The Balaban J connectivity index is 1.82. The van der Waals surface area contributed by atoms with E-state index in [9.17, 15) is 9.59 Å². The Hall–Kier alpha value is -2.51. The maximum absolute atomic E-state index is 12.7. The van der Waals surface area contributed by atoms with E-state index >= 15 is 0 Å². The van der Waals surface area contributed by atoms with Crippen molar-refractivity contribution in [1.82, 2.24) is 4.90 Å². The lowest BCUT2D eigenvalue weighted by atomic mass is 10.2. The van der Waals surface area contributed by atoms with Crippen molar-refractivity contribution in [3.05, 3.63) is 53.6 Å². The molecule has 2 aromatic carbocycles. The zero-order valence-corrected chi connectivity index (χ0v) is 17.1. The summed E-state index contributed by atoms with van der Waals surface area (Å²) in [5.74, 6) is 0.288. The van der Waals surface area contributed by atoms with Crippen LogP contribution in [0.1, 0.15) is 13.3 Å². The zero-order chi connectivity index (χ0) is 20.1. The molecule has 1 unspecified atom stereocenters. The molecule has 1 aliphatic heterocycles. The van der Waals surface area contributed by atoms with Gasteiger partial charge >= 0.3 is 0 Å². The van der Waals surface area contributed by atoms with Crippen LogP contribution in [0.5, 0.6) is 5.75 Å². The summed E-state index contributed by atoms with van der Waals surface area (Å²) in [6.45, 7) is 2.36. The van der Waals surface area contributed by atoms with Crippen molar-refractivity contribution in [1.29, 1.82) is 0 Å². The Bertz CT molecular complexity index is 919. The van der Waals surface area contributed by atoms with Crippen molar-refractivity contribution in [3.8, 4) is 5.75 Å². The molecule has 1 heterocycles. The van der Waals surface area contributed by atoms with Gasteiger partial charge in [-0.15, -0.1) is 0 Å². The Kier molecular flexibility index (Phi) is 6.59. The number of benzene rings is 2. The fourth-order valence-corrected chi connectivity index (χ4v) is 4.08. The van der Waals surface area contributed by atoms with E-state index in [1.165, 1.54) is 11.8 Å². The van der Waals surface area contributed by atoms with Gasteiger partial charge in [-0.2, -0.15) is 0 Å². The van der Waals surface area contributed by atoms with Gasteiger partial charge in [0, 0.05) is 29.7 Å². The predicted molar refractivity (Wildman–Crippen MR) is 114 cm³/mol. The number of ether oxygens (including phenoxy) is 1. The normalized spacial score (nSPS) is 18.2. The third-order valence-electron chi connectivity index (χ3n) is 4.12. The van der Waals surface area contributed by atoms with E-state index < -0.39 is 5.25 Å². The molecule has 0 bridgehead atoms. The molecule has 8 heteroatoms. The van der Waals surface area contributed by atoms with E-state index in [2.05, 4.69) is 10.3 Å². The van der Waals surface area contributed by atoms with Crippen LogP contribution in [0.15, 0.2) is 53.5 Å². The quantitative estimate of drug-likeness (QED) is 0.786. The number of carbonyl (C=O) groups excluding carboxylic acids is 2. The highest BCUT2D eigenvalue weighted by Crippen LogP contribution is 2.30. The summed E-state index contributed by atoms with van der Waals surface area (Å²) in [4.78, 5) is 31.5. The first-order chi connectivity index (χ1) is 13.5. The van der Waals surface area contributed by atoms with Gasteiger partial charge in [-0.25, -0.2) is 4.99 Å². The van der Waals surface area contributed by atoms with Crippen LogP contribution >= 0.6 is 23.4 Å². The SMILES string of the molecule is CCN1C(=O)CC(C(=O)Nc2cccc(Cl)c2)SC1=Nc1cccc(OC)c1. The van der Waals surface area contributed by atoms with Crippen LogP contribution in [0.25, 0.3) is 0 Å². The molecule has 0 aromatic heterocycles. The van der Waals surface area contributed by atoms with Gasteiger partial charge in [-0.05, 0) is 37.3 Å². The van der Waals surface area contributed by atoms with Crippen molar-refractivity contribution in [2.75, 3.05) is 19.0 Å². The summed E-state index contributed by atoms with van der Waals surface area (Å²) in [5.41, 5.74) is 1.25. The maximum atomic E-state index is 12.7. The van der Waals surface area contributed by atoms with Crippen LogP contribution in [0.4, 0.5) is 11.4 Å². The number of rotatable bonds is 5. The molecule has 0 spiro atoms. The van der Waals surface area contributed by atoms with Crippen LogP contribution in [0, 0.1) is 0 Å². The number of anilines is 1. The standard InChI is InChI=1S/C20H20ClN3O3S/c1-3-24-18(25)12-17(19(26)22-14-7-4-6-13(21)10-14)28-20(24)23-15-8-5-9-16(11-15)27-2/h4-11,17H,3,12H2,1-2H3,(H,22,26). The first-order valence-electron chi connectivity index (χ1n) is 8.76. The molecule has 1 N–H and O–H groups in total. The van der Waals surface area contributed by atoms with Gasteiger partial charge in [0.2, 0.25) is 11.8 Å². The molecule has 28 heavy (non-hydrogen) atoms. The number of halogens is 1. The second kappa shape index (κ2) is 9.12. The fraction of sp³-hybridized carbons (Fsp3) is 0.250. The number of carbonyl (C=O) groups is 2. The van der Waals surface area contributed by atoms with Crippen LogP contribution in [0.3, 0.4) is 0 Å². The number of amides is 2. The summed E-state index contributed by atoms with van der Waals surface area (Å²) >= 11 is 7.24. The summed E-state index contributed by atoms with van der Waals surface area (Å²) in [6.07, 6.45) is 0.113. The van der Waals surface area contributed by atoms with E-state index in [0.29, 0.717) is 33.9 Å². The molecule has 1 fully saturated rings. The van der Waals surface area contributed by atoms with Crippen molar-refractivity contribution < 1.29 is 14.3 Å². The van der Waals surface area contributed by atoms with Gasteiger partial charge in [0.15, 0.2) is 5.17 Å². The summed E-state index contributed by atoms with van der Waals surface area (Å²) in [7, 11) is 1.58. The largest absolute Gasteiger partial charge is 0.497 e. The molecular weight excluding hydrogens is 398 g/mol. The van der Waals surface area contributed by atoms with Crippen molar-refractivity contribution in [2.24, 2.45) is 4.99 Å². The number of nitrogens with one attached hydrogen (secondary N) is 1. The molecule has 2 amide bonds. The van der Waals surface area contributed by atoms with Gasteiger partial charge in [0.05, 0.1) is 12.8 Å². The Morgan fingerprint density at radius 3 is 2.82 bits per heavy atom. The first-order valence-corrected chi connectivity index (χ1v) is 10.0. The minimum absolute atomic E-state index is 0.113. The van der Waals surface area contributed by atoms with Crippen molar-refractivity contribution in [2.45, 2.75) is 18.6 Å². The third-order valence-corrected chi connectivity index (χ3v) is 5.54. The maximum Gasteiger partial charge on any atom is 0.238 e. The summed E-state index contributed by atoms with van der Waals surface area (Å²) in [5, 5.41) is 3.28. The van der Waals surface area contributed by atoms with Gasteiger partial charge in [-0.1, -0.05) is 35.5 Å². The number of aliphatic imine (C=N–C) groups is 1. The fourth-order valence-electron chi connectivity index (χ4n) is 2.73. The Morgan fingerprint density at radius 2 is 2.11 bits per heavy atom. The van der Waals surface area contributed by atoms with Gasteiger partial charge in [0.1, 0.15) is 11.0 Å². The molecule has 6 nitrogen and oxygen atoms in total. The molecule has 0 aliphatic carbocycles. The molecule has 0 saturated carbocycles. The lowest BCUT2D eigenvalue weighted by Gasteiger charge is -2.30. The third kappa shape index (κ3) is 4.85. The predicted octanol–water partition coefficient (Wildman–Crippen LogP) is 4.33. The smallest absolute Gasteiger partial charge is 0.238 e. The molecular formula is C20H20ClN3O3S. The zero-order valence-electron chi connectivity index (χ0n) is 15.5. The molecule has 2 aromatic rings. The van der Waals surface area contributed by atoms with Crippen molar-refractivity contribution >= 4 is 51.7 Å². The molecule has 146 valence electrons. The van der Waals surface area contributed by atoms with Crippen LogP contribution < -0.4 is 10.1 Å². The number of methoxy groups -OCH3 is 1. The number of hydrogen-bond donors (Lipinski definition) is 1. The minimum atomic E-state index is -0.571. The van der Waals surface area contributed by atoms with Crippen molar-refractivity contribution in [3.63, 3.8) is 0 Å². The van der Waals surface area contributed by atoms with Gasteiger partial charge in [-0.3, -0.25) is 14.5 Å². The molecule has 1 saturated heterocycles. The van der Waals surface area contributed by atoms with Crippen LogP contribution in [-0.4, -0.2) is 40.8 Å². The highest BCUT2D eigenvalue weighted by atomic mass is 35.5. The number of amidine groups is 1. The average molecular weight is 418 g/mol. The highest BCUT2D eigenvalue weighted by Gasteiger charge is 2.35. The van der Waals surface area contributed by atoms with E-state index in [1.807, 2.05) is 25.1 Å². The lowest BCUT2D eigenvalue weighted by Crippen LogP contribution is -2.45. The molecule has 1 aliphatic rings.